The Balaban J connectivity index is 2.19. The zero-order valence-corrected chi connectivity index (χ0v) is 11.6. The number of H-pyrrole nitrogens is 1. The topological polar surface area (TPSA) is 58.9 Å². The average molecular weight is 288 g/mol. The molecule has 0 radical (unpaired) electrons. The zero-order valence-electron chi connectivity index (χ0n) is 11.6. The van der Waals surface area contributed by atoms with Crippen molar-refractivity contribution in [2.24, 2.45) is 0 Å². The Bertz CT molecular complexity index is 1020. The van der Waals surface area contributed by atoms with Crippen LogP contribution < -0.4 is 0 Å². The minimum atomic E-state index is -0.316. The average Bonchev–Trinajstić information content (AvgIpc) is 3.02. The van der Waals surface area contributed by atoms with E-state index in [1.165, 1.54) is 0 Å². The van der Waals surface area contributed by atoms with Gasteiger partial charge < -0.3 is 4.98 Å². The number of para-hydroxylation sites is 1. The monoisotopic (exact) mass is 288 g/mol. The van der Waals surface area contributed by atoms with Crippen molar-refractivity contribution < 1.29 is 4.92 Å². The lowest BCUT2D eigenvalue weighted by Gasteiger charge is -2.09. The van der Waals surface area contributed by atoms with Crippen LogP contribution >= 0.6 is 0 Å². The van der Waals surface area contributed by atoms with E-state index in [0.29, 0.717) is 5.56 Å². The fourth-order valence-corrected chi connectivity index (χ4v) is 2.99. The summed E-state index contributed by atoms with van der Waals surface area (Å²) >= 11 is 0. The normalized spacial score (nSPS) is 11.1. The third-order valence-electron chi connectivity index (χ3n) is 3.96. The van der Waals surface area contributed by atoms with E-state index < -0.39 is 0 Å². The van der Waals surface area contributed by atoms with Gasteiger partial charge in [-0.2, -0.15) is 0 Å². The molecule has 0 saturated carbocycles. The molecule has 4 heteroatoms. The SMILES string of the molecule is O=[N+]([O-])c1ccc2ccccc2c1-c1cccc2cc[nH]c12. The maximum atomic E-state index is 11.5. The second-order valence-electron chi connectivity index (χ2n) is 5.19. The van der Waals surface area contributed by atoms with Gasteiger partial charge in [0, 0.05) is 17.8 Å². The van der Waals surface area contributed by atoms with Crippen LogP contribution in [-0.2, 0) is 0 Å². The fourth-order valence-electron chi connectivity index (χ4n) is 2.99. The number of nitro benzene ring substituents is 1. The van der Waals surface area contributed by atoms with Crippen LogP contribution in [-0.4, -0.2) is 9.91 Å². The third-order valence-corrected chi connectivity index (χ3v) is 3.96. The van der Waals surface area contributed by atoms with E-state index in [0.717, 1.165) is 27.2 Å². The fraction of sp³-hybridized carbons (Fsp3) is 0. The maximum absolute atomic E-state index is 11.5. The number of rotatable bonds is 2. The smallest absolute Gasteiger partial charge is 0.277 e. The number of hydrogen-bond acceptors (Lipinski definition) is 2. The highest BCUT2D eigenvalue weighted by Gasteiger charge is 2.20. The van der Waals surface area contributed by atoms with Crippen molar-refractivity contribution in [3.05, 3.63) is 77.0 Å². The van der Waals surface area contributed by atoms with Gasteiger partial charge in [0.2, 0.25) is 0 Å². The highest BCUT2D eigenvalue weighted by atomic mass is 16.6. The Morgan fingerprint density at radius 3 is 2.55 bits per heavy atom. The lowest BCUT2D eigenvalue weighted by molar-refractivity contribution is -0.384. The number of fused-ring (bicyclic) bond motifs is 2. The van der Waals surface area contributed by atoms with Gasteiger partial charge in [0.25, 0.3) is 5.69 Å². The van der Waals surface area contributed by atoms with Gasteiger partial charge in [0.05, 0.1) is 16.0 Å². The van der Waals surface area contributed by atoms with Gasteiger partial charge in [-0.3, -0.25) is 10.1 Å². The predicted octanol–water partition coefficient (Wildman–Crippen LogP) is 4.90. The van der Waals surface area contributed by atoms with Gasteiger partial charge in [0.15, 0.2) is 0 Å². The van der Waals surface area contributed by atoms with Crippen molar-refractivity contribution in [1.82, 2.24) is 4.98 Å². The van der Waals surface area contributed by atoms with Gasteiger partial charge in [-0.15, -0.1) is 0 Å². The standard InChI is InChI=1S/C18H12N2O2/c21-20(22)16-9-8-12-4-1-2-6-14(12)17(16)15-7-3-5-13-10-11-19-18(13)15/h1-11,19H. The molecule has 1 aromatic heterocycles. The van der Waals surface area contributed by atoms with Crippen molar-refractivity contribution in [1.29, 1.82) is 0 Å². The maximum Gasteiger partial charge on any atom is 0.277 e. The van der Waals surface area contributed by atoms with E-state index in [1.54, 1.807) is 12.1 Å². The molecule has 0 bridgehead atoms. The molecule has 0 aliphatic carbocycles. The minimum Gasteiger partial charge on any atom is -0.361 e. The number of nitrogens with zero attached hydrogens (tertiary/aromatic N) is 1. The first kappa shape index (κ1) is 12.6. The van der Waals surface area contributed by atoms with Gasteiger partial charge in [-0.1, -0.05) is 42.5 Å². The summed E-state index contributed by atoms with van der Waals surface area (Å²) in [6.45, 7) is 0. The number of nitro groups is 1. The van der Waals surface area contributed by atoms with Crippen LogP contribution in [0.25, 0.3) is 32.8 Å². The molecule has 0 spiro atoms. The number of nitrogens with one attached hydrogen (secondary N) is 1. The molecule has 1 N–H and O–H groups in total. The highest BCUT2D eigenvalue weighted by Crippen LogP contribution is 2.39. The quantitative estimate of drug-likeness (QED) is 0.421. The molecule has 4 rings (SSSR count). The van der Waals surface area contributed by atoms with Crippen molar-refractivity contribution in [2.45, 2.75) is 0 Å². The first-order chi connectivity index (χ1) is 10.8. The van der Waals surface area contributed by atoms with Crippen molar-refractivity contribution >= 4 is 27.4 Å². The van der Waals surface area contributed by atoms with Crippen LogP contribution in [0, 0.1) is 10.1 Å². The predicted molar refractivity (Wildman–Crippen MR) is 87.9 cm³/mol. The molecule has 0 atom stereocenters. The van der Waals surface area contributed by atoms with Crippen LogP contribution in [0.1, 0.15) is 0 Å². The second kappa shape index (κ2) is 4.70. The van der Waals surface area contributed by atoms with Crippen LogP contribution in [0.2, 0.25) is 0 Å². The Morgan fingerprint density at radius 1 is 0.864 bits per heavy atom. The number of aromatic amines is 1. The Morgan fingerprint density at radius 2 is 1.68 bits per heavy atom. The van der Waals surface area contributed by atoms with Crippen molar-refractivity contribution in [3.8, 4) is 11.1 Å². The van der Waals surface area contributed by atoms with Crippen LogP contribution in [0.15, 0.2) is 66.9 Å². The first-order valence-electron chi connectivity index (χ1n) is 6.98. The highest BCUT2D eigenvalue weighted by molar-refractivity contribution is 6.07. The molecule has 0 saturated heterocycles. The number of aromatic nitrogens is 1. The van der Waals surface area contributed by atoms with E-state index in [2.05, 4.69) is 4.98 Å². The third kappa shape index (κ3) is 1.78. The molecular formula is C18H12N2O2. The molecule has 22 heavy (non-hydrogen) atoms. The number of hydrogen-bond donors (Lipinski definition) is 1. The molecule has 106 valence electrons. The summed E-state index contributed by atoms with van der Waals surface area (Å²) in [5, 5.41) is 14.4. The summed E-state index contributed by atoms with van der Waals surface area (Å²) in [6.07, 6.45) is 1.85. The molecule has 0 aliphatic heterocycles. The van der Waals surface area contributed by atoms with Crippen molar-refractivity contribution in [3.63, 3.8) is 0 Å². The lowest BCUT2D eigenvalue weighted by atomic mass is 9.95. The molecule has 4 nitrogen and oxygen atoms in total. The largest absolute Gasteiger partial charge is 0.361 e. The lowest BCUT2D eigenvalue weighted by Crippen LogP contribution is -1.94. The van der Waals surface area contributed by atoms with Gasteiger partial charge in [-0.05, 0) is 28.3 Å². The Kier molecular flexibility index (Phi) is 2.69. The van der Waals surface area contributed by atoms with E-state index in [-0.39, 0.29) is 10.6 Å². The van der Waals surface area contributed by atoms with Gasteiger partial charge in [-0.25, -0.2) is 0 Å². The van der Waals surface area contributed by atoms with Crippen LogP contribution in [0.5, 0.6) is 0 Å². The van der Waals surface area contributed by atoms with E-state index in [9.17, 15) is 10.1 Å². The summed E-state index contributed by atoms with van der Waals surface area (Å²) in [7, 11) is 0. The second-order valence-corrected chi connectivity index (χ2v) is 5.19. The first-order valence-corrected chi connectivity index (χ1v) is 6.98. The molecule has 4 aromatic rings. The summed E-state index contributed by atoms with van der Waals surface area (Å²) in [4.78, 5) is 14.4. The summed E-state index contributed by atoms with van der Waals surface area (Å²) in [5.41, 5.74) is 2.56. The molecule has 0 amide bonds. The Hall–Kier alpha value is -3.14. The molecule has 3 aromatic carbocycles. The number of benzene rings is 3. The van der Waals surface area contributed by atoms with Gasteiger partial charge in [0.1, 0.15) is 0 Å². The molecule has 0 aliphatic rings. The van der Waals surface area contributed by atoms with Gasteiger partial charge >= 0.3 is 0 Å². The van der Waals surface area contributed by atoms with Crippen LogP contribution in [0.4, 0.5) is 5.69 Å². The molecule has 0 fully saturated rings. The van der Waals surface area contributed by atoms with Crippen LogP contribution in [0.3, 0.4) is 0 Å². The molecular weight excluding hydrogens is 276 g/mol. The van der Waals surface area contributed by atoms with E-state index in [1.807, 2.05) is 54.7 Å². The summed E-state index contributed by atoms with van der Waals surface area (Å²) in [6, 6.07) is 18.9. The summed E-state index contributed by atoms with van der Waals surface area (Å²) in [5.74, 6) is 0. The van der Waals surface area contributed by atoms with E-state index in [4.69, 9.17) is 0 Å². The van der Waals surface area contributed by atoms with E-state index >= 15 is 0 Å². The molecule has 0 unspecified atom stereocenters. The molecule has 1 heterocycles. The van der Waals surface area contributed by atoms with Crippen molar-refractivity contribution in [2.75, 3.05) is 0 Å². The Labute approximate surface area is 126 Å². The zero-order chi connectivity index (χ0) is 15.1. The summed E-state index contributed by atoms with van der Waals surface area (Å²) < 4.78 is 0. The minimum absolute atomic E-state index is 0.126.